The molecule has 1 N–H and O–H groups in total. The van der Waals surface area contributed by atoms with Crippen molar-refractivity contribution < 1.29 is 19.0 Å². The third kappa shape index (κ3) is 4.26. The number of nitrogens with zero attached hydrogens (tertiary/aromatic N) is 1. The largest absolute Gasteiger partial charge is 0.493 e. The molecule has 0 radical (unpaired) electrons. The SMILES string of the molecule is COc1cc(/C=N/NC(=O)c2ccc(Br)cc2)cc(OC)c1OC. The molecule has 0 atom stereocenters. The van der Waals surface area contributed by atoms with Crippen LogP contribution in [0.5, 0.6) is 17.2 Å². The Labute approximate surface area is 148 Å². The number of carbonyl (C=O) groups excluding carboxylic acids is 1. The number of rotatable bonds is 6. The van der Waals surface area contributed by atoms with Crippen molar-refractivity contribution in [3.63, 3.8) is 0 Å². The van der Waals surface area contributed by atoms with Crippen LogP contribution in [0.4, 0.5) is 0 Å². The summed E-state index contributed by atoms with van der Waals surface area (Å²) in [5, 5.41) is 3.96. The molecule has 0 aromatic heterocycles. The maximum atomic E-state index is 12.0. The summed E-state index contributed by atoms with van der Waals surface area (Å²) in [6.45, 7) is 0. The lowest BCUT2D eigenvalue weighted by molar-refractivity contribution is 0.0955. The minimum Gasteiger partial charge on any atom is -0.493 e. The third-order valence-corrected chi connectivity index (χ3v) is 3.70. The van der Waals surface area contributed by atoms with Gasteiger partial charge in [0.1, 0.15) is 0 Å². The number of hydrogen-bond donors (Lipinski definition) is 1. The van der Waals surface area contributed by atoms with E-state index in [0.717, 1.165) is 4.47 Å². The lowest BCUT2D eigenvalue weighted by Gasteiger charge is -2.12. The van der Waals surface area contributed by atoms with Crippen molar-refractivity contribution >= 4 is 28.1 Å². The van der Waals surface area contributed by atoms with Crippen molar-refractivity contribution in [1.29, 1.82) is 0 Å². The first-order valence-corrected chi connectivity index (χ1v) is 7.77. The minimum absolute atomic E-state index is 0.300. The minimum atomic E-state index is -0.300. The molecule has 0 saturated heterocycles. The molecule has 0 aliphatic carbocycles. The van der Waals surface area contributed by atoms with Crippen molar-refractivity contribution in [2.75, 3.05) is 21.3 Å². The van der Waals surface area contributed by atoms with Crippen LogP contribution in [-0.4, -0.2) is 33.5 Å². The Bertz CT molecular complexity index is 720. The maximum Gasteiger partial charge on any atom is 0.271 e. The van der Waals surface area contributed by atoms with Gasteiger partial charge in [-0.15, -0.1) is 0 Å². The smallest absolute Gasteiger partial charge is 0.271 e. The molecule has 1 amide bonds. The zero-order valence-electron chi connectivity index (χ0n) is 13.5. The number of carbonyl (C=O) groups is 1. The van der Waals surface area contributed by atoms with Crippen molar-refractivity contribution in [3.8, 4) is 17.2 Å². The van der Waals surface area contributed by atoms with E-state index < -0.39 is 0 Å². The zero-order chi connectivity index (χ0) is 17.5. The first-order chi connectivity index (χ1) is 11.6. The van der Waals surface area contributed by atoms with Gasteiger partial charge in [0.25, 0.3) is 5.91 Å². The van der Waals surface area contributed by atoms with E-state index in [0.29, 0.717) is 28.4 Å². The summed E-state index contributed by atoms with van der Waals surface area (Å²) in [5.41, 5.74) is 3.68. The molecule has 0 spiro atoms. The predicted molar refractivity (Wildman–Crippen MR) is 95.3 cm³/mol. The Balaban J connectivity index is 2.14. The van der Waals surface area contributed by atoms with Crippen LogP contribution >= 0.6 is 15.9 Å². The summed E-state index contributed by atoms with van der Waals surface area (Å²) < 4.78 is 16.7. The lowest BCUT2D eigenvalue weighted by atomic mass is 10.2. The number of halogens is 1. The van der Waals surface area contributed by atoms with Gasteiger partial charge in [0, 0.05) is 15.6 Å². The fraction of sp³-hybridized carbons (Fsp3) is 0.176. The first-order valence-electron chi connectivity index (χ1n) is 6.98. The summed E-state index contributed by atoms with van der Waals surface area (Å²) >= 11 is 3.32. The van der Waals surface area contributed by atoms with E-state index in [4.69, 9.17) is 14.2 Å². The average molecular weight is 393 g/mol. The van der Waals surface area contributed by atoms with Gasteiger partial charge in [0.2, 0.25) is 5.75 Å². The Kier molecular flexibility index (Phi) is 6.20. The van der Waals surface area contributed by atoms with Gasteiger partial charge in [-0.1, -0.05) is 15.9 Å². The van der Waals surface area contributed by atoms with Gasteiger partial charge in [-0.2, -0.15) is 5.10 Å². The van der Waals surface area contributed by atoms with Crippen LogP contribution in [0.15, 0.2) is 46.0 Å². The fourth-order valence-corrected chi connectivity index (χ4v) is 2.27. The van der Waals surface area contributed by atoms with Crippen LogP contribution < -0.4 is 19.6 Å². The zero-order valence-corrected chi connectivity index (χ0v) is 15.1. The Morgan fingerprint density at radius 2 is 1.62 bits per heavy atom. The van der Waals surface area contributed by atoms with Gasteiger partial charge >= 0.3 is 0 Å². The van der Waals surface area contributed by atoms with Crippen molar-refractivity contribution in [2.45, 2.75) is 0 Å². The van der Waals surface area contributed by atoms with Crippen LogP contribution in [0, 0.1) is 0 Å². The first kappa shape index (κ1) is 17.8. The molecular formula is C17H17BrN2O4. The Hall–Kier alpha value is -2.54. The quantitative estimate of drug-likeness (QED) is 0.605. The van der Waals surface area contributed by atoms with E-state index in [1.54, 1.807) is 36.4 Å². The van der Waals surface area contributed by atoms with Crippen LogP contribution in [0.1, 0.15) is 15.9 Å². The molecule has 6 nitrogen and oxygen atoms in total. The van der Waals surface area contributed by atoms with Crippen LogP contribution in [0.2, 0.25) is 0 Å². The summed E-state index contributed by atoms with van der Waals surface area (Å²) in [6.07, 6.45) is 1.50. The van der Waals surface area contributed by atoms with E-state index in [2.05, 4.69) is 26.5 Å². The van der Waals surface area contributed by atoms with E-state index in [1.165, 1.54) is 27.5 Å². The highest BCUT2D eigenvalue weighted by molar-refractivity contribution is 9.10. The number of methoxy groups -OCH3 is 3. The second-order valence-corrected chi connectivity index (χ2v) is 5.58. The van der Waals surface area contributed by atoms with E-state index >= 15 is 0 Å². The molecule has 0 bridgehead atoms. The highest BCUT2D eigenvalue weighted by Gasteiger charge is 2.12. The number of hydrogen-bond acceptors (Lipinski definition) is 5. The summed E-state index contributed by atoms with van der Waals surface area (Å²) in [5.74, 6) is 1.22. The molecule has 126 valence electrons. The monoisotopic (exact) mass is 392 g/mol. The lowest BCUT2D eigenvalue weighted by Crippen LogP contribution is -2.17. The molecule has 0 heterocycles. The Morgan fingerprint density at radius 3 is 2.12 bits per heavy atom. The molecular weight excluding hydrogens is 376 g/mol. The van der Waals surface area contributed by atoms with Crippen molar-refractivity contribution in [3.05, 3.63) is 52.0 Å². The molecule has 7 heteroatoms. The van der Waals surface area contributed by atoms with E-state index in [9.17, 15) is 4.79 Å². The summed E-state index contributed by atoms with van der Waals surface area (Å²) in [7, 11) is 4.60. The van der Waals surface area contributed by atoms with Crippen LogP contribution in [-0.2, 0) is 0 Å². The maximum absolute atomic E-state index is 12.0. The number of nitrogens with one attached hydrogen (secondary N) is 1. The number of benzene rings is 2. The van der Waals surface area contributed by atoms with E-state index in [1.807, 2.05) is 0 Å². The molecule has 2 aromatic rings. The normalized spacial score (nSPS) is 10.5. The van der Waals surface area contributed by atoms with Crippen molar-refractivity contribution in [1.82, 2.24) is 5.43 Å². The summed E-state index contributed by atoms with van der Waals surface area (Å²) in [4.78, 5) is 12.0. The molecule has 0 unspecified atom stereocenters. The molecule has 0 aliphatic rings. The van der Waals surface area contributed by atoms with Crippen LogP contribution in [0.25, 0.3) is 0 Å². The standard InChI is InChI=1S/C17H17BrN2O4/c1-22-14-8-11(9-15(23-2)16(14)24-3)10-19-20-17(21)12-4-6-13(18)7-5-12/h4-10H,1-3H3,(H,20,21)/b19-10+. The Morgan fingerprint density at radius 1 is 1.04 bits per heavy atom. The van der Waals surface area contributed by atoms with Crippen LogP contribution in [0.3, 0.4) is 0 Å². The van der Waals surface area contributed by atoms with Gasteiger partial charge in [0.05, 0.1) is 27.5 Å². The molecule has 0 aliphatic heterocycles. The third-order valence-electron chi connectivity index (χ3n) is 3.17. The van der Waals surface area contributed by atoms with Gasteiger partial charge in [-0.3, -0.25) is 4.79 Å². The van der Waals surface area contributed by atoms with E-state index in [-0.39, 0.29) is 5.91 Å². The number of amides is 1. The average Bonchev–Trinajstić information content (AvgIpc) is 2.61. The summed E-state index contributed by atoms with van der Waals surface area (Å²) in [6, 6.07) is 10.5. The molecule has 24 heavy (non-hydrogen) atoms. The van der Waals surface area contributed by atoms with Gasteiger partial charge in [-0.25, -0.2) is 5.43 Å². The number of ether oxygens (including phenoxy) is 3. The van der Waals surface area contributed by atoms with Crippen molar-refractivity contribution in [2.24, 2.45) is 5.10 Å². The molecule has 0 saturated carbocycles. The topological polar surface area (TPSA) is 69.2 Å². The second kappa shape index (κ2) is 8.35. The van der Waals surface area contributed by atoms with Gasteiger partial charge in [-0.05, 0) is 36.4 Å². The second-order valence-electron chi connectivity index (χ2n) is 4.66. The highest BCUT2D eigenvalue weighted by atomic mass is 79.9. The molecule has 2 aromatic carbocycles. The predicted octanol–water partition coefficient (Wildman–Crippen LogP) is 3.24. The van der Waals surface area contributed by atoms with Gasteiger partial charge in [0.15, 0.2) is 11.5 Å². The fourth-order valence-electron chi connectivity index (χ4n) is 2.01. The highest BCUT2D eigenvalue weighted by Crippen LogP contribution is 2.37. The van der Waals surface area contributed by atoms with Gasteiger partial charge < -0.3 is 14.2 Å². The molecule has 0 fully saturated rings. The molecule has 2 rings (SSSR count). The number of hydrazone groups is 1.